The van der Waals surface area contributed by atoms with Crippen LogP contribution in [-0.4, -0.2) is 29.9 Å². The first-order chi connectivity index (χ1) is 14.5. The average Bonchev–Trinajstić information content (AvgIpc) is 3.27. The quantitative estimate of drug-likeness (QED) is 0.657. The fraction of sp³-hybridized carbons (Fsp3) is 0.250. The standard InChI is InChI=1S/C24H24N2O3S/c1-16-5-3-6-17(2)23(16)29-15-22(27)25-20-9-8-18-10-11-26(14-19(18)13-20)24(28)21-7-4-12-30-21/h3-9,12-13H,10-11,14-15H2,1-2H3,(H,25,27). The number of amides is 2. The van der Waals surface area contributed by atoms with Gasteiger partial charge >= 0.3 is 0 Å². The topological polar surface area (TPSA) is 58.6 Å². The van der Waals surface area contributed by atoms with Gasteiger partial charge in [-0.1, -0.05) is 30.3 Å². The van der Waals surface area contributed by atoms with Crippen molar-refractivity contribution in [2.75, 3.05) is 18.5 Å². The number of benzene rings is 2. The SMILES string of the molecule is Cc1cccc(C)c1OCC(=O)Nc1ccc2c(c1)CN(C(=O)c1cccs1)CC2. The summed E-state index contributed by atoms with van der Waals surface area (Å²) in [6, 6.07) is 15.5. The van der Waals surface area contributed by atoms with Crippen molar-refractivity contribution in [1.29, 1.82) is 0 Å². The highest BCUT2D eigenvalue weighted by Gasteiger charge is 2.22. The van der Waals surface area contributed by atoms with Gasteiger partial charge in [0.1, 0.15) is 5.75 Å². The summed E-state index contributed by atoms with van der Waals surface area (Å²) in [4.78, 5) is 27.7. The first-order valence-corrected chi connectivity index (χ1v) is 10.8. The fourth-order valence-corrected chi connectivity index (χ4v) is 4.42. The number of thiophene rings is 1. The largest absolute Gasteiger partial charge is 0.483 e. The molecule has 2 heterocycles. The Balaban J connectivity index is 1.40. The number of aryl methyl sites for hydroxylation is 2. The molecule has 1 aliphatic rings. The third-order valence-electron chi connectivity index (χ3n) is 5.28. The molecule has 1 N–H and O–H groups in total. The molecular weight excluding hydrogens is 396 g/mol. The minimum absolute atomic E-state index is 0.0498. The van der Waals surface area contributed by atoms with E-state index in [4.69, 9.17) is 4.74 Å². The van der Waals surface area contributed by atoms with Gasteiger partial charge in [0.05, 0.1) is 4.88 Å². The second-order valence-corrected chi connectivity index (χ2v) is 8.44. The molecule has 0 bridgehead atoms. The molecule has 2 aromatic carbocycles. The Hall–Kier alpha value is -3.12. The van der Waals surface area contributed by atoms with E-state index in [0.29, 0.717) is 18.8 Å². The highest BCUT2D eigenvalue weighted by molar-refractivity contribution is 7.12. The molecule has 0 saturated carbocycles. The van der Waals surface area contributed by atoms with Gasteiger partial charge in [0, 0.05) is 18.8 Å². The van der Waals surface area contributed by atoms with Gasteiger partial charge in [-0.2, -0.15) is 0 Å². The van der Waals surface area contributed by atoms with E-state index in [1.165, 1.54) is 16.9 Å². The molecule has 4 rings (SSSR count). The number of rotatable bonds is 5. The molecule has 1 aliphatic heterocycles. The predicted octanol–water partition coefficient (Wildman–Crippen LogP) is 4.58. The van der Waals surface area contributed by atoms with Gasteiger partial charge in [0.15, 0.2) is 6.61 Å². The van der Waals surface area contributed by atoms with Crippen molar-refractivity contribution >= 4 is 28.8 Å². The molecule has 0 aliphatic carbocycles. The van der Waals surface area contributed by atoms with Crippen molar-refractivity contribution < 1.29 is 14.3 Å². The van der Waals surface area contributed by atoms with Crippen LogP contribution >= 0.6 is 11.3 Å². The molecule has 30 heavy (non-hydrogen) atoms. The van der Waals surface area contributed by atoms with Crippen LogP contribution in [0.2, 0.25) is 0 Å². The van der Waals surface area contributed by atoms with E-state index in [0.717, 1.165) is 33.7 Å². The molecule has 0 radical (unpaired) electrons. The van der Waals surface area contributed by atoms with Crippen LogP contribution in [0, 0.1) is 13.8 Å². The smallest absolute Gasteiger partial charge is 0.264 e. The molecule has 2 amide bonds. The number of nitrogens with zero attached hydrogens (tertiary/aromatic N) is 1. The summed E-state index contributed by atoms with van der Waals surface area (Å²) in [7, 11) is 0. The Morgan fingerprint density at radius 2 is 1.87 bits per heavy atom. The number of ether oxygens (including phenoxy) is 1. The molecule has 0 spiro atoms. The zero-order valence-corrected chi connectivity index (χ0v) is 17.9. The second-order valence-electron chi connectivity index (χ2n) is 7.50. The number of anilines is 1. The minimum Gasteiger partial charge on any atom is -0.483 e. The Morgan fingerprint density at radius 1 is 1.07 bits per heavy atom. The normalized spacial score (nSPS) is 12.9. The summed E-state index contributed by atoms with van der Waals surface area (Å²) in [6.45, 7) is 5.14. The van der Waals surface area contributed by atoms with Crippen molar-refractivity contribution in [2.45, 2.75) is 26.8 Å². The zero-order valence-electron chi connectivity index (χ0n) is 17.1. The van der Waals surface area contributed by atoms with Crippen LogP contribution in [0.3, 0.4) is 0 Å². The number of carbonyl (C=O) groups is 2. The van der Waals surface area contributed by atoms with Gasteiger partial charge in [-0.3, -0.25) is 9.59 Å². The molecule has 3 aromatic rings. The van der Waals surface area contributed by atoms with Gasteiger partial charge in [-0.25, -0.2) is 0 Å². The maximum absolute atomic E-state index is 12.7. The fourth-order valence-electron chi connectivity index (χ4n) is 3.73. The van der Waals surface area contributed by atoms with Gasteiger partial charge in [-0.05, 0) is 66.1 Å². The van der Waals surface area contributed by atoms with Crippen molar-refractivity contribution in [2.24, 2.45) is 0 Å². The van der Waals surface area contributed by atoms with Gasteiger partial charge in [-0.15, -0.1) is 11.3 Å². The molecule has 0 atom stereocenters. The lowest BCUT2D eigenvalue weighted by molar-refractivity contribution is -0.118. The number of nitrogens with one attached hydrogen (secondary N) is 1. The van der Waals surface area contributed by atoms with Gasteiger partial charge in [0.25, 0.3) is 11.8 Å². The van der Waals surface area contributed by atoms with Crippen LogP contribution in [0.25, 0.3) is 0 Å². The summed E-state index contributed by atoms with van der Waals surface area (Å²) >= 11 is 1.46. The average molecular weight is 421 g/mol. The van der Waals surface area contributed by atoms with E-state index in [2.05, 4.69) is 5.32 Å². The second kappa shape index (κ2) is 8.71. The lowest BCUT2D eigenvalue weighted by atomic mass is 9.99. The van der Waals surface area contributed by atoms with E-state index in [1.807, 2.05) is 72.7 Å². The Labute approximate surface area is 180 Å². The highest BCUT2D eigenvalue weighted by Crippen LogP contribution is 2.25. The van der Waals surface area contributed by atoms with E-state index < -0.39 is 0 Å². The summed E-state index contributed by atoms with van der Waals surface area (Å²) in [5.74, 6) is 0.604. The molecule has 6 heteroatoms. The zero-order chi connectivity index (χ0) is 21.1. The molecule has 0 fully saturated rings. The number of hydrogen-bond acceptors (Lipinski definition) is 4. The highest BCUT2D eigenvalue weighted by atomic mass is 32.1. The molecule has 0 saturated heterocycles. The van der Waals surface area contributed by atoms with E-state index in [-0.39, 0.29) is 18.4 Å². The first kappa shape index (κ1) is 20.2. The van der Waals surface area contributed by atoms with E-state index >= 15 is 0 Å². The lowest BCUT2D eigenvalue weighted by Gasteiger charge is -2.29. The van der Waals surface area contributed by atoms with Crippen LogP contribution in [0.5, 0.6) is 5.75 Å². The molecule has 5 nitrogen and oxygen atoms in total. The summed E-state index contributed by atoms with van der Waals surface area (Å²) in [6.07, 6.45) is 0.816. The van der Waals surface area contributed by atoms with Crippen molar-refractivity contribution in [1.82, 2.24) is 4.90 Å². The molecule has 1 aromatic heterocycles. The van der Waals surface area contributed by atoms with Crippen LogP contribution in [0.1, 0.15) is 31.9 Å². The first-order valence-electron chi connectivity index (χ1n) is 9.94. The maximum Gasteiger partial charge on any atom is 0.264 e. The lowest BCUT2D eigenvalue weighted by Crippen LogP contribution is -2.35. The summed E-state index contributed by atoms with van der Waals surface area (Å²) in [5, 5.41) is 4.82. The van der Waals surface area contributed by atoms with Crippen LogP contribution in [0.4, 0.5) is 5.69 Å². The third kappa shape index (κ3) is 4.39. The minimum atomic E-state index is -0.208. The third-order valence-corrected chi connectivity index (χ3v) is 6.14. The monoisotopic (exact) mass is 420 g/mol. The number of hydrogen-bond donors (Lipinski definition) is 1. The van der Waals surface area contributed by atoms with Crippen LogP contribution in [0.15, 0.2) is 53.9 Å². The molecular formula is C24H24N2O3S. The van der Waals surface area contributed by atoms with Gasteiger partial charge in [0.2, 0.25) is 0 Å². The maximum atomic E-state index is 12.7. The Morgan fingerprint density at radius 3 is 2.60 bits per heavy atom. The van der Waals surface area contributed by atoms with Gasteiger partial charge < -0.3 is 15.0 Å². The molecule has 0 unspecified atom stereocenters. The van der Waals surface area contributed by atoms with Crippen LogP contribution < -0.4 is 10.1 Å². The van der Waals surface area contributed by atoms with E-state index in [1.54, 1.807) is 0 Å². The Bertz CT molecular complexity index is 1060. The van der Waals surface area contributed by atoms with Crippen molar-refractivity contribution in [3.8, 4) is 5.75 Å². The van der Waals surface area contributed by atoms with Crippen molar-refractivity contribution in [3.63, 3.8) is 0 Å². The summed E-state index contributed by atoms with van der Waals surface area (Å²) < 4.78 is 5.74. The van der Waals surface area contributed by atoms with E-state index in [9.17, 15) is 9.59 Å². The Kier molecular flexibility index (Phi) is 5.86. The van der Waals surface area contributed by atoms with Crippen LogP contribution in [-0.2, 0) is 17.8 Å². The van der Waals surface area contributed by atoms with Crippen molar-refractivity contribution in [3.05, 3.63) is 81.0 Å². The summed E-state index contributed by atoms with van der Waals surface area (Å²) in [5.41, 5.74) is 5.02. The number of carbonyl (C=O) groups excluding carboxylic acids is 2. The predicted molar refractivity (Wildman–Crippen MR) is 119 cm³/mol. The number of para-hydroxylation sites is 1. The molecule has 154 valence electrons. The number of fused-ring (bicyclic) bond motifs is 1.